The van der Waals surface area contributed by atoms with Crippen LogP contribution in [0.15, 0.2) is 30.3 Å². The second-order valence-corrected chi connectivity index (χ2v) is 4.82. The zero-order valence-corrected chi connectivity index (χ0v) is 11.5. The minimum Gasteiger partial charge on any atom is -0.304 e. The van der Waals surface area contributed by atoms with Crippen LogP contribution in [0.5, 0.6) is 0 Å². The number of rotatable bonds is 6. The summed E-state index contributed by atoms with van der Waals surface area (Å²) >= 11 is 5.26. The number of nitrogens with one attached hydrogen (secondary N) is 1. The van der Waals surface area contributed by atoms with Crippen LogP contribution in [0.25, 0.3) is 0 Å². The van der Waals surface area contributed by atoms with Crippen molar-refractivity contribution >= 4 is 12.2 Å². The van der Waals surface area contributed by atoms with E-state index in [0.29, 0.717) is 0 Å². The zero-order chi connectivity index (χ0) is 12.8. The number of aryl methyl sites for hydroxylation is 2. The highest BCUT2D eigenvalue weighted by Gasteiger charge is 2.04. The van der Waals surface area contributed by atoms with Gasteiger partial charge in [-0.3, -0.25) is 5.10 Å². The summed E-state index contributed by atoms with van der Waals surface area (Å²) < 4.78 is 2.87. The van der Waals surface area contributed by atoms with Crippen LogP contribution < -0.4 is 0 Å². The zero-order valence-electron chi connectivity index (χ0n) is 10.7. The van der Waals surface area contributed by atoms with Crippen molar-refractivity contribution in [1.29, 1.82) is 0 Å². The lowest BCUT2D eigenvalue weighted by Crippen LogP contribution is -2.05. The number of benzene rings is 1. The van der Waals surface area contributed by atoms with Crippen molar-refractivity contribution in [3.05, 3.63) is 46.5 Å². The highest BCUT2D eigenvalue weighted by Crippen LogP contribution is 2.07. The maximum absolute atomic E-state index is 5.26. The van der Waals surface area contributed by atoms with Crippen LogP contribution in [-0.2, 0) is 19.4 Å². The first-order valence-corrected chi connectivity index (χ1v) is 6.90. The van der Waals surface area contributed by atoms with E-state index in [0.717, 1.165) is 42.8 Å². The molecule has 0 saturated carbocycles. The van der Waals surface area contributed by atoms with Crippen molar-refractivity contribution < 1.29 is 0 Å². The quantitative estimate of drug-likeness (QED) is 0.807. The average molecular weight is 261 g/mol. The predicted octanol–water partition coefficient (Wildman–Crippen LogP) is 3.53. The highest BCUT2D eigenvalue weighted by molar-refractivity contribution is 7.71. The van der Waals surface area contributed by atoms with Gasteiger partial charge in [-0.25, -0.2) is 0 Å². The molecule has 4 heteroatoms. The molecular formula is C14H19N3S. The van der Waals surface area contributed by atoms with E-state index in [9.17, 15) is 0 Å². The first-order valence-electron chi connectivity index (χ1n) is 6.49. The number of H-pyrrole nitrogens is 1. The summed E-state index contributed by atoms with van der Waals surface area (Å²) in [6.07, 6.45) is 4.25. The van der Waals surface area contributed by atoms with Crippen LogP contribution in [-0.4, -0.2) is 14.8 Å². The van der Waals surface area contributed by atoms with E-state index in [1.54, 1.807) is 0 Å². The Morgan fingerprint density at radius 2 is 2.00 bits per heavy atom. The minimum atomic E-state index is 0.742. The van der Waals surface area contributed by atoms with Crippen molar-refractivity contribution in [2.45, 2.75) is 39.2 Å². The van der Waals surface area contributed by atoms with Crippen molar-refractivity contribution in [2.24, 2.45) is 0 Å². The molecule has 2 rings (SSSR count). The molecule has 0 fully saturated rings. The fourth-order valence-electron chi connectivity index (χ4n) is 2.08. The molecule has 18 heavy (non-hydrogen) atoms. The summed E-state index contributed by atoms with van der Waals surface area (Å²) in [5, 5.41) is 7.16. The lowest BCUT2D eigenvalue weighted by molar-refractivity contribution is 0.600. The molecule has 0 aliphatic heterocycles. The smallest absolute Gasteiger partial charge is 0.195 e. The molecule has 3 nitrogen and oxygen atoms in total. The Hall–Kier alpha value is -1.42. The van der Waals surface area contributed by atoms with E-state index in [4.69, 9.17) is 12.2 Å². The van der Waals surface area contributed by atoms with Gasteiger partial charge >= 0.3 is 0 Å². The van der Waals surface area contributed by atoms with Gasteiger partial charge < -0.3 is 4.57 Å². The summed E-state index contributed by atoms with van der Waals surface area (Å²) in [5.74, 6) is 1.08. The molecule has 1 heterocycles. The van der Waals surface area contributed by atoms with Gasteiger partial charge in [-0.15, -0.1) is 0 Å². The largest absolute Gasteiger partial charge is 0.304 e. The molecule has 1 aromatic carbocycles. The van der Waals surface area contributed by atoms with Crippen LogP contribution in [0.2, 0.25) is 0 Å². The van der Waals surface area contributed by atoms with Gasteiger partial charge in [-0.05, 0) is 37.0 Å². The minimum absolute atomic E-state index is 0.742. The van der Waals surface area contributed by atoms with Gasteiger partial charge in [-0.1, -0.05) is 37.3 Å². The predicted molar refractivity (Wildman–Crippen MR) is 76.2 cm³/mol. The Morgan fingerprint density at radius 1 is 1.22 bits per heavy atom. The van der Waals surface area contributed by atoms with E-state index in [-0.39, 0.29) is 0 Å². The van der Waals surface area contributed by atoms with Gasteiger partial charge in [0.2, 0.25) is 0 Å². The SMILES string of the molecule is CCCc1n[nH]c(=S)n1CCCc1ccccc1. The molecule has 0 saturated heterocycles. The van der Waals surface area contributed by atoms with Crippen molar-refractivity contribution in [3.8, 4) is 0 Å². The summed E-state index contributed by atoms with van der Waals surface area (Å²) in [7, 11) is 0. The Kier molecular flexibility index (Phi) is 4.70. The molecule has 0 bridgehead atoms. The molecule has 0 aliphatic carbocycles. The molecule has 0 spiro atoms. The van der Waals surface area contributed by atoms with Crippen molar-refractivity contribution in [1.82, 2.24) is 14.8 Å². The van der Waals surface area contributed by atoms with Gasteiger partial charge in [0, 0.05) is 13.0 Å². The van der Waals surface area contributed by atoms with E-state index >= 15 is 0 Å². The van der Waals surface area contributed by atoms with Crippen LogP contribution in [0.3, 0.4) is 0 Å². The maximum atomic E-state index is 5.26. The lowest BCUT2D eigenvalue weighted by atomic mass is 10.1. The lowest BCUT2D eigenvalue weighted by Gasteiger charge is -2.06. The third-order valence-electron chi connectivity index (χ3n) is 3.00. The molecule has 96 valence electrons. The fourth-order valence-corrected chi connectivity index (χ4v) is 2.32. The standard InChI is InChI=1S/C14H19N3S/c1-2-7-13-15-16-14(18)17(13)11-6-10-12-8-4-3-5-9-12/h3-5,8-9H,2,6-7,10-11H2,1H3,(H,16,18). The molecular weight excluding hydrogens is 242 g/mol. The number of nitrogens with zero attached hydrogens (tertiary/aromatic N) is 2. The van der Waals surface area contributed by atoms with Crippen molar-refractivity contribution in [3.63, 3.8) is 0 Å². The van der Waals surface area contributed by atoms with Crippen LogP contribution in [0.1, 0.15) is 31.2 Å². The molecule has 0 radical (unpaired) electrons. The number of aromatic nitrogens is 3. The Morgan fingerprint density at radius 3 is 2.72 bits per heavy atom. The maximum Gasteiger partial charge on any atom is 0.195 e. The molecule has 0 amide bonds. The molecule has 1 N–H and O–H groups in total. The van der Waals surface area contributed by atoms with Gasteiger partial charge in [0.25, 0.3) is 0 Å². The highest BCUT2D eigenvalue weighted by atomic mass is 32.1. The van der Waals surface area contributed by atoms with E-state index in [1.165, 1.54) is 5.56 Å². The first kappa shape index (κ1) is 13.0. The topological polar surface area (TPSA) is 33.6 Å². The van der Waals surface area contributed by atoms with Crippen LogP contribution in [0.4, 0.5) is 0 Å². The normalized spacial score (nSPS) is 10.7. The number of hydrogen-bond acceptors (Lipinski definition) is 2. The first-order chi connectivity index (χ1) is 8.81. The van der Waals surface area contributed by atoms with Crippen LogP contribution in [0, 0.1) is 4.77 Å². The summed E-state index contributed by atoms with van der Waals surface area (Å²) in [6.45, 7) is 3.10. The summed E-state index contributed by atoms with van der Waals surface area (Å²) in [6, 6.07) is 10.6. The van der Waals surface area contributed by atoms with Gasteiger partial charge in [0.05, 0.1) is 0 Å². The molecule has 2 aromatic rings. The fraction of sp³-hybridized carbons (Fsp3) is 0.429. The summed E-state index contributed by atoms with van der Waals surface area (Å²) in [4.78, 5) is 0. The number of aromatic amines is 1. The number of hydrogen-bond donors (Lipinski definition) is 1. The van der Waals surface area contributed by atoms with E-state index < -0.39 is 0 Å². The Balaban J connectivity index is 1.94. The second kappa shape index (κ2) is 6.50. The van der Waals surface area contributed by atoms with Gasteiger partial charge in [0.15, 0.2) is 4.77 Å². The third-order valence-corrected chi connectivity index (χ3v) is 3.31. The average Bonchev–Trinajstić information content (AvgIpc) is 2.73. The van der Waals surface area contributed by atoms with Gasteiger partial charge in [-0.2, -0.15) is 5.10 Å². The molecule has 0 atom stereocenters. The molecule has 0 aliphatic rings. The van der Waals surface area contributed by atoms with Gasteiger partial charge in [0.1, 0.15) is 5.82 Å². The second-order valence-electron chi connectivity index (χ2n) is 4.44. The molecule has 1 aromatic heterocycles. The Labute approximate surface area is 113 Å². The summed E-state index contributed by atoms with van der Waals surface area (Å²) in [5.41, 5.74) is 1.38. The van der Waals surface area contributed by atoms with E-state index in [1.807, 2.05) is 0 Å². The van der Waals surface area contributed by atoms with Crippen LogP contribution >= 0.6 is 12.2 Å². The molecule has 0 unspecified atom stereocenters. The van der Waals surface area contributed by atoms with E-state index in [2.05, 4.69) is 52.0 Å². The van der Waals surface area contributed by atoms with Crippen molar-refractivity contribution in [2.75, 3.05) is 0 Å². The Bertz CT molecular complexity index is 527. The monoisotopic (exact) mass is 261 g/mol. The third kappa shape index (κ3) is 3.29.